The molecule has 1 aliphatic heterocycles. The van der Waals surface area contributed by atoms with Crippen molar-refractivity contribution < 1.29 is 18.0 Å². The van der Waals surface area contributed by atoms with Crippen molar-refractivity contribution in [3.8, 4) is 0 Å². The van der Waals surface area contributed by atoms with Gasteiger partial charge in [-0.25, -0.2) is 18.4 Å². The topological polar surface area (TPSA) is 122 Å². The maximum absolute atomic E-state index is 13.1. The summed E-state index contributed by atoms with van der Waals surface area (Å²) in [4.78, 5) is 27.3. The average molecular weight is 479 g/mol. The summed E-state index contributed by atoms with van der Waals surface area (Å²) >= 11 is 0. The molecule has 0 aromatic heterocycles. The van der Waals surface area contributed by atoms with Crippen molar-refractivity contribution in [2.75, 3.05) is 17.2 Å². The minimum absolute atomic E-state index is 0.00710. The van der Waals surface area contributed by atoms with Crippen LogP contribution in [-0.4, -0.2) is 31.8 Å². The van der Waals surface area contributed by atoms with E-state index in [2.05, 4.69) is 10.6 Å². The molecule has 0 saturated heterocycles. The maximum atomic E-state index is 13.1. The van der Waals surface area contributed by atoms with Crippen LogP contribution < -0.4 is 15.8 Å². The molecular formula is C25H26N4O4S. The molecule has 0 aliphatic carbocycles. The molecule has 3 aromatic carbocycles. The second-order valence-corrected chi connectivity index (χ2v) is 9.92. The number of amides is 3. The lowest BCUT2D eigenvalue weighted by atomic mass is 9.97. The minimum atomic E-state index is -3.84. The van der Waals surface area contributed by atoms with Crippen LogP contribution in [0.2, 0.25) is 0 Å². The Morgan fingerprint density at radius 3 is 2.38 bits per heavy atom. The molecule has 0 unspecified atom stereocenters. The molecule has 1 aliphatic rings. The van der Waals surface area contributed by atoms with Crippen LogP contribution >= 0.6 is 0 Å². The summed E-state index contributed by atoms with van der Waals surface area (Å²) in [6.45, 7) is 4.45. The number of hydrogen-bond donors (Lipinski definition) is 3. The number of fused-ring (bicyclic) bond motifs is 1. The van der Waals surface area contributed by atoms with E-state index >= 15 is 0 Å². The third kappa shape index (κ3) is 5.11. The third-order valence-electron chi connectivity index (χ3n) is 5.84. The first-order valence-electron chi connectivity index (χ1n) is 10.8. The molecule has 8 nitrogen and oxygen atoms in total. The zero-order valence-corrected chi connectivity index (χ0v) is 19.8. The Kier molecular flexibility index (Phi) is 6.41. The number of aryl methyl sites for hydroxylation is 2. The predicted octanol–water partition coefficient (Wildman–Crippen LogP) is 3.79. The Labute approximate surface area is 198 Å². The number of benzene rings is 3. The molecule has 0 atom stereocenters. The van der Waals surface area contributed by atoms with Gasteiger partial charge in [-0.3, -0.25) is 4.79 Å². The van der Waals surface area contributed by atoms with Gasteiger partial charge >= 0.3 is 6.03 Å². The van der Waals surface area contributed by atoms with Gasteiger partial charge in [-0.05, 0) is 73.4 Å². The number of carbonyl (C=O) groups is 2. The van der Waals surface area contributed by atoms with E-state index in [-0.39, 0.29) is 16.8 Å². The SMILES string of the molecule is Cc1ccc(NC(=O)Nc2cccc3c2CCN(C(=O)c2ccc(S(N)(=O)=O)c(C)c2)C3)cc1. The lowest BCUT2D eigenvalue weighted by molar-refractivity contribution is 0.0734. The van der Waals surface area contributed by atoms with Crippen molar-refractivity contribution in [2.24, 2.45) is 5.14 Å². The molecule has 3 aromatic rings. The van der Waals surface area contributed by atoms with Gasteiger partial charge in [-0.2, -0.15) is 0 Å². The van der Waals surface area contributed by atoms with Crippen LogP contribution in [0.1, 0.15) is 32.6 Å². The van der Waals surface area contributed by atoms with Crippen molar-refractivity contribution in [1.29, 1.82) is 0 Å². The molecule has 0 fully saturated rings. The van der Waals surface area contributed by atoms with E-state index in [4.69, 9.17) is 5.14 Å². The molecule has 1 heterocycles. The van der Waals surface area contributed by atoms with Gasteiger partial charge in [0.2, 0.25) is 10.0 Å². The summed E-state index contributed by atoms with van der Waals surface area (Å²) in [6.07, 6.45) is 0.580. The standard InChI is InChI=1S/C25H26N4O4S/c1-16-6-9-20(10-7-16)27-25(31)28-22-5-3-4-19-15-29(13-12-21(19)22)24(30)18-8-11-23(17(2)14-18)34(26,32)33/h3-11,14H,12-13,15H2,1-2H3,(H2,26,32,33)(H2,27,28,31). The first kappa shape index (κ1) is 23.5. The van der Waals surface area contributed by atoms with E-state index in [1.54, 1.807) is 17.9 Å². The molecule has 0 saturated carbocycles. The molecule has 0 spiro atoms. The Hall–Kier alpha value is -3.69. The van der Waals surface area contributed by atoms with Gasteiger partial charge in [0, 0.05) is 30.0 Å². The number of nitrogens with one attached hydrogen (secondary N) is 2. The summed E-state index contributed by atoms with van der Waals surface area (Å²) in [7, 11) is -3.84. The summed E-state index contributed by atoms with van der Waals surface area (Å²) < 4.78 is 23.3. The van der Waals surface area contributed by atoms with Gasteiger partial charge in [-0.15, -0.1) is 0 Å². The van der Waals surface area contributed by atoms with E-state index in [9.17, 15) is 18.0 Å². The molecule has 9 heteroatoms. The minimum Gasteiger partial charge on any atom is -0.334 e. The highest BCUT2D eigenvalue weighted by Gasteiger charge is 2.25. The first-order valence-corrected chi connectivity index (χ1v) is 12.3. The van der Waals surface area contributed by atoms with Gasteiger partial charge in [0.1, 0.15) is 0 Å². The number of anilines is 2. The number of primary sulfonamides is 1. The lowest BCUT2D eigenvalue weighted by Gasteiger charge is -2.30. The van der Waals surface area contributed by atoms with Gasteiger partial charge < -0.3 is 15.5 Å². The summed E-state index contributed by atoms with van der Waals surface area (Å²) in [5, 5.41) is 11.0. The third-order valence-corrected chi connectivity index (χ3v) is 6.91. The Morgan fingerprint density at radius 2 is 1.71 bits per heavy atom. The highest BCUT2D eigenvalue weighted by molar-refractivity contribution is 7.89. The fraction of sp³-hybridized carbons (Fsp3) is 0.200. The second-order valence-electron chi connectivity index (χ2n) is 8.39. The number of rotatable bonds is 4. The summed E-state index contributed by atoms with van der Waals surface area (Å²) in [6, 6.07) is 17.2. The van der Waals surface area contributed by atoms with Crippen molar-refractivity contribution in [1.82, 2.24) is 4.90 Å². The first-order chi connectivity index (χ1) is 16.1. The molecule has 0 bridgehead atoms. The Morgan fingerprint density at radius 1 is 0.971 bits per heavy atom. The van der Waals surface area contributed by atoms with Crippen LogP contribution in [0.5, 0.6) is 0 Å². The fourth-order valence-electron chi connectivity index (χ4n) is 4.11. The van der Waals surface area contributed by atoms with E-state index in [0.717, 1.165) is 16.7 Å². The quantitative estimate of drug-likeness (QED) is 0.528. The molecule has 4 rings (SSSR count). The van der Waals surface area contributed by atoms with E-state index in [1.165, 1.54) is 12.1 Å². The van der Waals surface area contributed by atoms with Crippen molar-refractivity contribution in [3.05, 3.63) is 88.5 Å². The Bertz CT molecular complexity index is 1370. The summed E-state index contributed by atoms with van der Waals surface area (Å²) in [5.74, 6) is -0.190. The van der Waals surface area contributed by atoms with Crippen molar-refractivity contribution in [2.45, 2.75) is 31.7 Å². The Balaban J connectivity index is 1.47. The van der Waals surface area contributed by atoms with Crippen LogP contribution in [-0.2, 0) is 23.0 Å². The molecule has 0 radical (unpaired) electrons. The largest absolute Gasteiger partial charge is 0.334 e. The normalized spacial score (nSPS) is 13.2. The van der Waals surface area contributed by atoms with Crippen LogP contribution in [0.4, 0.5) is 16.2 Å². The monoisotopic (exact) mass is 478 g/mol. The zero-order valence-electron chi connectivity index (χ0n) is 19.0. The molecule has 4 N–H and O–H groups in total. The van der Waals surface area contributed by atoms with E-state index in [1.807, 2.05) is 49.4 Å². The number of nitrogens with zero attached hydrogens (tertiary/aromatic N) is 1. The lowest BCUT2D eigenvalue weighted by Crippen LogP contribution is -2.36. The highest BCUT2D eigenvalue weighted by Crippen LogP contribution is 2.28. The van der Waals surface area contributed by atoms with E-state index in [0.29, 0.717) is 42.0 Å². The average Bonchev–Trinajstić information content (AvgIpc) is 2.79. The fourth-order valence-corrected chi connectivity index (χ4v) is 4.87. The smallest absolute Gasteiger partial charge is 0.323 e. The predicted molar refractivity (Wildman–Crippen MR) is 131 cm³/mol. The molecular weight excluding hydrogens is 452 g/mol. The van der Waals surface area contributed by atoms with Gasteiger partial charge in [-0.1, -0.05) is 29.8 Å². The number of urea groups is 1. The van der Waals surface area contributed by atoms with Crippen LogP contribution in [0.15, 0.2) is 65.6 Å². The van der Waals surface area contributed by atoms with Gasteiger partial charge in [0.15, 0.2) is 0 Å². The van der Waals surface area contributed by atoms with Gasteiger partial charge in [0.05, 0.1) is 4.90 Å². The van der Waals surface area contributed by atoms with Crippen LogP contribution in [0.3, 0.4) is 0 Å². The van der Waals surface area contributed by atoms with Gasteiger partial charge in [0.25, 0.3) is 5.91 Å². The van der Waals surface area contributed by atoms with Crippen molar-refractivity contribution in [3.63, 3.8) is 0 Å². The van der Waals surface area contributed by atoms with Crippen LogP contribution in [0, 0.1) is 13.8 Å². The second kappa shape index (κ2) is 9.28. The molecule has 34 heavy (non-hydrogen) atoms. The number of hydrogen-bond acceptors (Lipinski definition) is 4. The molecule has 3 amide bonds. The van der Waals surface area contributed by atoms with Crippen LogP contribution in [0.25, 0.3) is 0 Å². The number of carbonyl (C=O) groups excluding carboxylic acids is 2. The zero-order chi connectivity index (χ0) is 24.5. The number of sulfonamides is 1. The number of nitrogens with two attached hydrogens (primary N) is 1. The maximum Gasteiger partial charge on any atom is 0.323 e. The summed E-state index contributed by atoms with van der Waals surface area (Å²) in [5.41, 5.74) is 5.29. The molecule has 176 valence electrons. The van der Waals surface area contributed by atoms with Crippen molar-refractivity contribution >= 4 is 33.3 Å². The van der Waals surface area contributed by atoms with E-state index < -0.39 is 10.0 Å². The highest BCUT2D eigenvalue weighted by atomic mass is 32.2.